The van der Waals surface area contributed by atoms with Crippen molar-refractivity contribution in [3.05, 3.63) is 68.6 Å². The Kier molecular flexibility index (Phi) is 6.73. The van der Waals surface area contributed by atoms with Gasteiger partial charge in [-0.1, -0.05) is 24.3 Å². The zero-order chi connectivity index (χ0) is 21.7. The molecule has 1 saturated heterocycles. The topological polar surface area (TPSA) is 99.0 Å². The summed E-state index contributed by atoms with van der Waals surface area (Å²) >= 11 is 0.800. The zero-order valence-corrected chi connectivity index (χ0v) is 17.3. The Morgan fingerprint density at radius 3 is 2.47 bits per heavy atom. The van der Waals surface area contributed by atoms with Crippen molar-refractivity contribution in [1.82, 2.24) is 4.90 Å². The lowest BCUT2D eigenvalue weighted by molar-refractivity contribution is -0.385. The van der Waals surface area contributed by atoms with Crippen molar-refractivity contribution in [2.75, 3.05) is 13.2 Å². The molecule has 1 fully saturated rings. The van der Waals surface area contributed by atoms with Gasteiger partial charge in [0.2, 0.25) is 0 Å². The molecular weight excluding hydrogens is 408 g/mol. The van der Waals surface area contributed by atoms with Gasteiger partial charge in [0.25, 0.3) is 16.8 Å². The van der Waals surface area contributed by atoms with Crippen LogP contribution in [0.4, 0.5) is 10.5 Å². The summed E-state index contributed by atoms with van der Waals surface area (Å²) in [7, 11) is 0. The first-order chi connectivity index (χ1) is 14.4. The summed E-state index contributed by atoms with van der Waals surface area (Å²) in [5.74, 6) is 0.656. The van der Waals surface area contributed by atoms with E-state index in [0.29, 0.717) is 35.8 Å². The summed E-state index contributed by atoms with van der Waals surface area (Å²) in [6, 6.07) is 11.3. The summed E-state index contributed by atoms with van der Waals surface area (Å²) in [4.78, 5) is 37.1. The number of amides is 2. The number of nitro benzene ring substituents is 1. The first-order valence-corrected chi connectivity index (χ1v) is 10.1. The standard InChI is InChI=1S/C21H20N2O6S/c1-3-28-17-10-9-14(11-18(17)29-4-2)12-19-20(24)22(21(25)30-19)13-15-7-5-6-8-16(15)23(26)27/h5-12H,3-4,13H2,1-2H3/b19-12+. The highest BCUT2D eigenvalue weighted by Gasteiger charge is 2.36. The number of benzene rings is 2. The highest BCUT2D eigenvalue weighted by atomic mass is 32.2. The van der Waals surface area contributed by atoms with Gasteiger partial charge in [0.1, 0.15) is 0 Å². The number of imide groups is 1. The SMILES string of the molecule is CCOc1ccc(/C=C2/SC(=O)N(Cc3ccccc3[N+](=O)[O-])C2=O)cc1OCC. The molecule has 1 aliphatic heterocycles. The Bertz CT molecular complexity index is 1020. The van der Waals surface area contributed by atoms with Crippen molar-refractivity contribution in [1.29, 1.82) is 0 Å². The Balaban J connectivity index is 1.85. The van der Waals surface area contributed by atoms with Crippen LogP contribution in [0.1, 0.15) is 25.0 Å². The molecule has 2 amide bonds. The summed E-state index contributed by atoms with van der Waals surface area (Å²) < 4.78 is 11.1. The van der Waals surface area contributed by atoms with Crippen molar-refractivity contribution in [3.63, 3.8) is 0 Å². The van der Waals surface area contributed by atoms with Crippen LogP contribution in [0.15, 0.2) is 47.4 Å². The second-order valence-corrected chi connectivity index (χ2v) is 7.22. The van der Waals surface area contributed by atoms with Crippen LogP contribution < -0.4 is 9.47 Å². The molecule has 0 aromatic heterocycles. The first-order valence-electron chi connectivity index (χ1n) is 9.31. The monoisotopic (exact) mass is 428 g/mol. The third kappa shape index (κ3) is 4.62. The molecule has 3 rings (SSSR count). The van der Waals surface area contributed by atoms with Crippen LogP contribution in [0.2, 0.25) is 0 Å². The van der Waals surface area contributed by atoms with E-state index in [1.54, 1.807) is 30.3 Å². The van der Waals surface area contributed by atoms with Crippen molar-refractivity contribution in [2.45, 2.75) is 20.4 Å². The Morgan fingerprint density at radius 2 is 1.77 bits per heavy atom. The molecule has 8 nitrogen and oxygen atoms in total. The third-order valence-corrected chi connectivity index (χ3v) is 5.16. The van der Waals surface area contributed by atoms with Gasteiger partial charge in [-0.15, -0.1) is 0 Å². The van der Waals surface area contributed by atoms with Crippen molar-refractivity contribution in [3.8, 4) is 11.5 Å². The van der Waals surface area contributed by atoms with Gasteiger partial charge in [0.15, 0.2) is 11.5 Å². The maximum Gasteiger partial charge on any atom is 0.293 e. The van der Waals surface area contributed by atoms with Crippen LogP contribution in [0.5, 0.6) is 11.5 Å². The number of carbonyl (C=O) groups excluding carboxylic acids is 2. The minimum Gasteiger partial charge on any atom is -0.490 e. The third-order valence-electron chi connectivity index (χ3n) is 4.26. The number of ether oxygens (including phenoxy) is 2. The number of nitro groups is 1. The zero-order valence-electron chi connectivity index (χ0n) is 16.5. The molecule has 0 unspecified atom stereocenters. The fourth-order valence-corrected chi connectivity index (χ4v) is 3.78. The summed E-state index contributed by atoms with van der Waals surface area (Å²) in [5.41, 5.74) is 0.845. The molecule has 1 heterocycles. The molecule has 0 atom stereocenters. The van der Waals surface area contributed by atoms with Gasteiger partial charge in [0.05, 0.1) is 29.6 Å². The van der Waals surface area contributed by atoms with Gasteiger partial charge < -0.3 is 9.47 Å². The predicted molar refractivity (Wildman–Crippen MR) is 113 cm³/mol. The fourth-order valence-electron chi connectivity index (χ4n) is 2.94. The Hall–Kier alpha value is -3.33. The quantitative estimate of drug-likeness (QED) is 0.343. The maximum absolute atomic E-state index is 12.8. The van der Waals surface area contributed by atoms with Gasteiger partial charge in [-0.05, 0) is 49.4 Å². The molecule has 0 radical (unpaired) electrons. The number of rotatable bonds is 8. The summed E-state index contributed by atoms with van der Waals surface area (Å²) in [6.45, 7) is 4.51. The van der Waals surface area contributed by atoms with Crippen LogP contribution >= 0.6 is 11.8 Å². The molecule has 30 heavy (non-hydrogen) atoms. The van der Waals surface area contributed by atoms with Crippen LogP contribution in [0.25, 0.3) is 6.08 Å². The molecule has 0 bridgehead atoms. The van der Waals surface area contributed by atoms with E-state index in [4.69, 9.17) is 9.47 Å². The lowest BCUT2D eigenvalue weighted by Gasteiger charge is -2.12. The second-order valence-electron chi connectivity index (χ2n) is 6.23. The number of thioether (sulfide) groups is 1. The molecule has 9 heteroatoms. The Labute approximate surface area is 177 Å². The average Bonchev–Trinajstić information content (AvgIpc) is 2.98. The van der Waals surface area contributed by atoms with Crippen molar-refractivity contribution >= 4 is 34.7 Å². The number of carbonyl (C=O) groups is 2. The molecular formula is C21H20N2O6S. The van der Waals surface area contributed by atoms with Crippen LogP contribution in [-0.2, 0) is 11.3 Å². The fraction of sp³-hybridized carbons (Fsp3) is 0.238. The number of hydrogen-bond donors (Lipinski definition) is 0. The van der Waals surface area contributed by atoms with E-state index in [-0.39, 0.29) is 17.1 Å². The smallest absolute Gasteiger partial charge is 0.293 e. The number of nitrogens with zero attached hydrogens (tertiary/aromatic N) is 2. The van der Waals surface area contributed by atoms with Gasteiger partial charge in [-0.25, -0.2) is 0 Å². The highest BCUT2D eigenvalue weighted by molar-refractivity contribution is 8.18. The lowest BCUT2D eigenvalue weighted by atomic mass is 10.1. The normalized spacial score (nSPS) is 15.0. The van der Waals surface area contributed by atoms with Gasteiger partial charge in [-0.2, -0.15) is 0 Å². The van der Waals surface area contributed by atoms with E-state index < -0.39 is 16.1 Å². The first kappa shape index (κ1) is 21.4. The van der Waals surface area contributed by atoms with E-state index in [2.05, 4.69) is 0 Å². The van der Waals surface area contributed by atoms with Crippen LogP contribution in [0.3, 0.4) is 0 Å². The average molecular weight is 428 g/mol. The summed E-state index contributed by atoms with van der Waals surface area (Å²) in [6.07, 6.45) is 1.60. The van der Waals surface area contributed by atoms with Crippen molar-refractivity contribution < 1.29 is 24.0 Å². The second kappa shape index (κ2) is 9.45. The van der Waals surface area contributed by atoms with E-state index in [1.807, 2.05) is 13.8 Å². The van der Waals surface area contributed by atoms with Gasteiger partial charge in [0, 0.05) is 11.6 Å². The minimum absolute atomic E-state index is 0.131. The van der Waals surface area contributed by atoms with E-state index >= 15 is 0 Å². The van der Waals surface area contributed by atoms with Gasteiger partial charge >= 0.3 is 0 Å². The molecule has 1 aliphatic rings. The lowest BCUT2D eigenvalue weighted by Crippen LogP contribution is -2.27. The predicted octanol–water partition coefficient (Wildman–Crippen LogP) is 4.63. The van der Waals surface area contributed by atoms with Gasteiger partial charge in [-0.3, -0.25) is 24.6 Å². The molecule has 0 spiro atoms. The number of hydrogen-bond acceptors (Lipinski definition) is 7. The molecule has 0 N–H and O–H groups in total. The maximum atomic E-state index is 12.8. The van der Waals surface area contributed by atoms with Crippen molar-refractivity contribution in [2.24, 2.45) is 0 Å². The van der Waals surface area contributed by atoms with E-state index in [1.165, 1.54) is 18.2 Å². The summed E-state index contributed by atoms with van der Waals surface area (Å²) in [5, 5.41) is 10.7. The molecule has 2 aromatic rings. The van der Waals surface area contributed by atoms with E-state index in [0.717, 1.165) is 16.7 Å². The molecule has 0 aliphatic carbocycles. The van der Waals surface area contributed by atoms with Crippen LogP contribution in [-0.4, -0.2) is 34.2 Å². The highest BCUT2D eigenvalue weighted by Crippen LogP contribution is 2.36. The largest absolute Gasteiger partial charge is 0.490 e. The van der Waals surface area contributed by atoms with Crippen LogP contribution in [0, 0.1) is 10.1 Å². The molecule has 156 valence electrons. The molecule has 2 aromatic carbocycles. The van der Waals surface area contributed by atoms with E-state index in [9.17, 15) is 19.7 Å². The molecule has 0 saturated carbocycles. The minimum atomic E-state index is -0.528. The number of para-hydroxylation sites is 1. The Morgan fingerprint density at radius 1 is 1.07 bits per heavy atom.